The molecule has 1 aliphatic rings. The summed E-state index contributed by atoms with van der Waals surface area (Å²) in [6, 6.07) is 17.4. The Hall–Kier alpha value is -3.49. The molecular weight excluding hydrogens is 591 g/mol. The number of rotatable bonds is 17. The third-order valence-electron chi connectivity index (χ3n) is 8.08. The monoisotopic (exact) mass is 640 g/mol. The highest BCUT2D eigenvalue weighted by Crippen LogP contribution is 2.44. The average molecular weight is 641 g/mol. The number of amides is 4. The Morgan fingerprint density at radius 3 is 2.29 bits per heavy atom. The highest BCUT2D eigenvalue weighted by Gasteiger charge is 2.33. The maximum atomic E-state index is 13.6. The standard InChI is InChI=1S/C34H49N4O6P/c1-25(2)23-30(33(41)36-29-15-8-5-9-16-29)37-32(40)28(19-18-27-13-6-4-7-14-27)24-45(43,44)22-11-10-20-35-34(42)31-17-12-21-38(31)26(3)39/h4-9,13-16,25,28,30-31H,10-12,17-24H2,1-3H3,(H,35,42)(H,36,41)(H,37,40)(H,43,44)/t28-,30+,31+/m1/s1. The van der Waals surface area contributed by atoms with Gasteiger partial charge in [-0.25, -0.2) is 0 Å². The lowest BCUT2D eigenvalue weighted by Gasteiger charge is -2.25. The normalized spacial score (nSPS) is 17.3. The van der Waals surface area contributed by atoms with Gasteiger partial charge in [0.25, 0.3) is 0 Å². The summed E-state index contributed by atoms with van der Waals surface area (Å²) in [7, 11) is -3.71. The Balaban J connectivity index is 1.59. The van der Waals surface area contributed by atoms with Crippen molar-refractivity contribution in [2.45, 2.75) is 77.8 Å². The van der Waals surface area contributed by atoms with Crippen molar-refractivity contribution in [2.24, 2.45) is 11.8 Å². The average Bonchev–Trinajstić information content (AvgIpc) is 3.50. The minimum Gasteiger partial charge on any atom is -0.354 e. The first-order chi connectivity index (χ1) is 21.4. The van der Waals surface area contributed by atoms with Crippen molar-refractivity contribution in [3.05, 3.63) is 66.2 Å². The first-order valence-corrected chi connectivity index (χ1v) is 18.0. The second kappa shape index (κ2) is 17.9. The van der Waals surface area contributed by atoms with E-state index in [-0.39, 0.29) is 36.0 Å². The molecule has 246 valence electrons. The number of nitrogens with zero attached hydrogens (tertiary/aromatic N) is 1. The summed E-state index contributed by atoms with van der Waals surface area (Å²) in [5, 5.41) is 8.61. The Bertz CT molecular complexity index is 1310. The summed E-state index contributed by atoms with van der Waals surface area (Å²) in [5.41, 5.74) is 1.64. The van der Waals surface area contributed by atoms with Crippen LogP contribution >= 0.6 is 7.37 Å². The van der Waals surface area contributed by atoms with E-state index in [1.165, 1.54) is 6.92 Å². The van der Waals surface area contributed by atoms with Crippen LogP contribution in [0.2, 0.25) is 0 Å². The molecule has 0 aliphatic carbocycles. The molecule has 2 aromatic carbocycles. The number of hydrogen-bond acceptors (Lipinski definition) is 5. The van der Waals surface area contributed by atoms with Crippen molar-refractivity contribution in [3.63, 3.8) is 0 Å². The van der Waals surface area contributed by atoms with Crippen LogP contribution in [0.25, 0.3) is 0 Å². The van der Waals surface area contributed by atoms with Crippen LogP contribution in [0.1, 0.15) is 64.9 Å². The van der Waals surface area contributed by atoms with Crippen molar-refractivity contribution in [1.29, 1.82) is 0 Å². The second-order valence-corrected chi connectivity index (χ2v) is 14.9. The van der Waals surface area contributed by atoms with Gasteiger partial charge >= 0.3 is 0 Å². The van der Waals surface area contributed by atoms with Crippen LogP contribution in [0.5, 0.6) is 0 Å². The number of hydrogen-bond donors (Lipinski definition) is 4. The maximum absolute atomic E-state index is 13.6. The summed E-state index contributed by atoms with van der Waals surface area (Å²) in [6.45, 7) is 6.32. The molecule has 0 spiro atoms. The van der Waals surface area contributed by atoms with Crippen LogP contribution < -0.4 is 16.0 Å². The van der Waals surface area contributed by atoms with Gasteiger partial charge in [0.05, 0.1) is 0 Å². The third-order valence-corrected chi connectivity index (χ3v) is 10.1. The molecule has 0 aromatic heterocycles. The zero-order valence-electron chi connectivity index (χ0n) is 26.7. The van der Waals surface area contributed by atoms with E-state index in [4.69, 9.17) is 0 Å². The van der Waals surface area contributed by atoms with E-state index in [2.05, 4.69) is 16.0 Å². The largest absolute Gasteiger partial charge is 0.354 e. The predicted octanol–water partition coefficient (Wildman–Crippen LogP) is 4.58. The summed E-state index contributed by atoms with van der Waals surface area (Å²) in [4.78, 5) is 63.7. The molecule has 4 atom stereocenters. The number of carbonyl (C=O) groups is 4. The van der Waals surface area contributed by atoms with Crippen LogP contribution in [-0.2, 0) is 30.2 Å². The molecule has 0 radical (unpaired) electrons. The number of benzene rings is 2. The van der Waals surface area contributed by atoms with E-state index in [9.17, 15) is 28.6 Å². The Kier molecular flexibility index (Phi) is 14.3. The van der Waals surface area contributed by atoms with Crippen molar-refractivity contribution < 1.29 is 28.6 Å². The molecule has 11 heteroatoms. The minimum absolute atomic E-state index is 0.0188. The van der Waals surface area contributed by atoms with Crippen LogP contribution in [0.4, 0.5) is 5.69 Å². The van der Waals surface area contributed by atoms with E-state index < -0.39 is 31.3 Å². The van der Waals surface area contributed by atoms with E-state index in [0.717, 1.165) is 12.0 Å². The van der Waals surface area contributed by atoms with Crippen molar-refractivity contribution in [1.82, 2.24) is 15.5 Å². The smallest absolute Gasteiger partial charge is 0.246 e. The third kappa shape index (κ3) is 12.4. The summed E-state index contributed by atoms with van der Waals surface area (Å²) < 4.78 is 13.4. The Labute approximate surface area is 267 Å². The number of unbranched alkanes of at least 4 members (excludes halogenated alkanes) is 1. The lowest BCUT2D eigenvalue weighted by atomic mass is 9.98. The maximum Gasteiger partial charge on any atom is 0.246 e. The van der Waals surface area contributed by atoms with Crippen LogP contribution in [0.15, 0.2) is 60.7 Å². The number of nitrogens with one attached hydrogen (secondary N) is 3. The van der Waals surface area contributed by atoms with Crippen molar-refractivity contribution >= 4 is 36.7 Å². The van der Waals surface area contributed by atoms with E-state index >= 15 is 0 Å². The lowest BCUT2D eigenvalue weighted by Crippen LogP contribution is -2.47. The van der Waals surface area contributed by atoms with E-state index in [1.54, 1.807) is 17.0 Å². The topological polar surface area (TPSA) is 145 Å². The number of likely N-dealkylation sites (tertiary alicyclic amines) is 1. The molecule has 1 fully saturated rings. The van der Waals surface area contributed by atoms with Crippen molar-refractivity contribution in [3.8, 4) is 0 Å². The molecule has 2 aromatic rings. The van der Waals surface area contributed by atoms with Crippen LogP contribution in [-0.4, -0.2) is 70.9 Å². The zero-order valence-corrected chi connectivity index (χ0v) is 27.6. The van der Waals surface area contributed by atoms with Crippen molar-refractivity contribution in [2.75, 3.05) is 30.7 Å². The predicted molar refractivity (Wildman–Crippen MR) is 177 cm³/mol. The van der Waals surface area contributed by atoms with Gasteiger partial charge in [-0.3, -0.25) is 23.7 Å². The fraction of sp³-hybridized carbons (Fsp3) is 0.529. The molecule has 3 rings (SSSR count). The number of aryl methyl sites for hydroxylation is 1. The molecule has 1 saturated heterocycles. The fourth-order valence-electron chi connectivity index (χ4n) is 5.70. The van der Waals surface area contributed by atoms with Gasteiger partial charge in [0.15, 0.2) is 0 Å². The molecule has 4 amide bonds. The lowest BCUT2D eigenvalue weighted by molar-refractivity contribution is -0.136. The van der Waals surface area contributed by atoms with Gasteiger partial charge in [0, 0.05) is 43.9 Å². The van der Waals surface area contributed by atoms with E-state index in [0.29, 0.717) is 57.3 Å². The van der Waals surface area contributed by atoms with Crippen LogP contribution in [0, 0.1) is 11.8 Å². The molecule has 0 saturated carbocycles. The Morgan fingerprint density at radius 2 is 1.64 bits per heavy atom. The number of carbonyl (C=O) groups excluding carboxylic acids is 4. The Morgan fingerprint density at radius 1 is 0.978 bits per heavy atom. The molecular formula is C34H49N4O6P. The highest BCUT2D eigenvalue weighted by molar-refractivity contribution is 7.58. The van der Waals surface area contributed by atoms with Gasteiger partial charge < -0.3 is 25.7 Å². The van der Waals surface area contributed by atoms with E-state index in [1.807, 2.05) is 62.4 Å². The van der Waals surface area contributed by atoms with Gasteiger partial charge in [0.2, 0.25) is 31.0 Å². The molecule has 1 unspecified atom stereocenters. The van der Waals surface area contributed by atoms with Gasteiger partial charge in [-0.05, 0) is 68.6 Å². The molecule has 0 bridgehead atoms. The first kappa shape index (κ1) is 36.0. The summed E-state index contributed by atoms with van der Waals surface area (Å²) in [5.74, 6) is -1.69. The molecule has 4 N–H and O–H groups in total. The molecule has 1 aliphatic heterocycles. The second-order valence-electron chi connectivity index (χ2n) is 12.4. The number of anilines is 1. The number of para-hydroxylation sites is 1. The first-order valence-electron chi connectivity index (χ1n) is 16.0. The molecule has 1 heterocycles. The highest BCUT2D eigenvalue weighted by atomic mass is 31.2. The zero-order chi connectivity index (χ0) is 32.8. The summed E-state index contributed by atoms with van der Waals surface area (Å²) >= 11 is 0. The molecule has 45 heavy (non-hydrogen) atoms. The SMILES string of the molecule is CC(=O)N1CCC[C@H]1C(=O)NCCCCP(=O)(O)C[C@@H](CCc1ccccc1)C(=O)N[C@@H](CC(C)C)C(=O)Nc1ccccc1. The quantitative estimate of drug-likeness (QED) is 0.147. The van der Waals surface area contributed by atoms with Gasteiger partial charge in [-0.2, -0.15) is 0 Å². The van der Waals surface area contributed by atoms with Gasteiger partial charge in [-0.15, -0.1) is 0 Å². The van der Waals surface area contributed by atoms with Gasteiger partial charge in [-0.1, -0.05) is 62.4 Å². The summed E-state index contributed by atoms with van der Waals surface area (Å²) in [6.07, 6.45) is 3.48. The fourth-order valence-corrected chi connectivity index (χ4v) is 7.64. The molecule has 10 nitrogen and oxygen atoms in total. The van der Waals surface area contributed by atoms with Crippen LogP contribution in [0.3, 0.4) is 0 Å². The minimum atomic E-state index is -3.71. The van der Waals surface area contributed by atoms with Gasteiger partial charge in [0.1, 0.15) is 12.1 Å².